The van der Waals surface area contributed by atoms with E-state index in [1.807, 2.05) is 44.2 Å². The summed E-state index contributed by atoms with van der Waals surface area (Å²) >= 11 is 12.1. The molecule has 3 aromatic carbocycles. The monoisotopic (exact) mass is 1230 g/mol. The van der Waals surface area contributed by atoms with Crippen molar-refractivity contribution >= 4 is 221 Å². The van der Waals surface area contributed by atoms with Gasteiger partial charge in [-0.05, 0) is 112 Å². The van der Waals surface area contributed by atoms with Crippen LogP contribution in [0, 0.1) is 13.5 Å². The number of anilines is 3. The Bertz CT molecular complexity index is 2060. The van der Waals surface area contributed by atoms with Crippen molar-refractivity contribution in [3.05, 3.63) is 98.6 Å². The lowest BCUT2D eigenvalue weighted by molar-refractivity contribution is 0.475. The summed E-state index contributed by atoms with van der Waals surface area (Å²) in [5.74, 6) is 0.730. The van der Waals surface area contributed by atoms with Gasteiger partial charge in [0, 0.05) is 16.8 Å². The Labute approximate surface area is 404 Å². The number of halogens is 2. The maximum Gasteiger partial charge on any atom is 0.192 e. The number of hydrogen-bond donors (Lipinski definition) is 4. The van der Waals surface area contributed by atoms with E-state index in [1.165, 1.54) is 6.33 Å². The van der Waals surface area contributed by atoms with Crippen molar-refractivity contribution in [1.29, 1.82) is 0 Å². The van der Waals surface area contributed by atoms with Crippen LogP contribution in [-0.4, -0.2) is 20.9 Å². The molecule has 1 aliphatic rings. The van der Waals surface area contributed by atoms with Gasteiger partial charge in [-0.15, -0.1) is 98.2 Å². The van der Waals surface area contributed by atoms with E-state index in [0.29, 0.717) is 45.2 Å². The molecule has 1 aromatic heterocycles. The maximum absolute atomic E-state index is 10.6. The molecule has 13 unspecified atom stereocenters. The van der Waals surface area contributed by atoms with E-state index in [2.05, 4.69) is 123 Å². The number of nitrogens with two attached hydrogens (primary N) is 2. The third-order valence-electron chi connectivity index (χ3n) is 7.64. The van der Waals surface area contributed by atoms with E-state index in [9.17, 15) is 5.11 Å². The van der Waals surface area contributed by atoms with E-state index < -0.39 is 0 Å². The molecule has 0 amide bonds. The van der Waals surface area contributed by atoms with Crippen molar-refractivity contribution in [2.24, 2.45) is 10.7 Å². The smallest absolute Gasteiger partial charge is 0.192 e. The minimum absolute atomic E-state index is 0. The van der Waals surface area contributed by atoms with Crippen molar-refractivity contribution in [2.75, 3.05) is 11.1 Å². The summed E-state index contributed by atoms with van der Waals surface area (Å²) in [6.07, 6.45) is 2.21. The first-order valence-corrected chi connectivity index (χ1v) is 54.7. The van der Waals surface area contributed by atoms with Crippen molar-refractivity contribution in [1.82, 2.24) is 9.97 Å². The highest BCUT2D eigenvalue weighted by atomic mass is 35.5. The van der Waals surface area contributed by atoms with Crippen LogP contribution in [0.5, 0.6) is 5.75 Å². The second-order valence-electron chi connectivity index (χ2n) is 11.7. The molecule has 13 atom stereocenters. The Morgan fingerprint density at radius 1 is 0.833 bits per heavy atom. The lowest BCUT2D eigenvalue weighted by Gasteiger charge is -2.46. The fraction of sp³-hybridized carbons (Fsp3) is 0.172. The summed E-state index contributed by atoms with van der Waals surface area (Å²) in [5.41, 5.74) is 18.3. The average Bonchev–Trinajstić information content (AvgIpc) is 3.52. The average molecular weight is 1240 g/mol. The van der Waals surface area contributed by atoms with Crippen molar-refractivity contribution in [3.63, 3.8) is 0 Å². The summed E-state index contributed by atoms with van der Waals surface area (Å²) < 4.78 is 0. The Morgan fingerprint density at radius 2 is 1.40 bits per heavy atom. The highest BCUT2D eigenvalue weighted by Crippen LogP contribution is 3.31. The minimum Gasteiger partial charge on any atom is -0.503 e. The molecule has 5 rings (SSSR count). The number of aromatic hydroxyl groups is 1. The second kappa shape index (κ2) is 30.4. The standard InChI is InChI=1S/C19H16ClN5O.C9H9ClN2.CH4.H23P21/c1-10-2-4-11(5-3-10)16-17(26)19(24-9-23-16)25-15-6-12-8-22-18(21)13(12)7-14(15)20;1-3-6-4-8(11)7(10)5-9(6)12-2;;1-12-18(13(2)3)21(19(14(4)5)15(6)7)20(16(8)9)17(10)11/h2-7,9,26H,8H2,1H3,(H2,21,22)(H,23,24,25);4-5H,3,11H2,1H3;1H4;12H,1-11H2. The van der Waals surface area contributed by atoms with Crippen LogP contribution >= 0.6 is 192 Å². The van der Waals surface area contributed by atoms with Crippen LogP contribution in [0.15, 0.2) is 59.9 Å². The first-order chi connectivity index (χ1) is 27.8. The minimum atomic E-state index is -0.0383. The Morgan fingerprint density at radius 3 is 1.88 bits per heavy atom. The molecule has 60 heavy (non-hydrogen) atoms. The van der Waals surface area contributed by atoms with Gasteiger partial charge in [0.1, 0.15) is 17.9 Å². The van der Waals surface area contributed by atoms with Gasteiger partial charge in [-0.3, -0.25) is 4.99 Å². The third kappa shape index (κ3) is 17.8. The van der Waals surface area contributed by atoms with Gasteiger partial charge >= 0.3 is 0 Å². The lowest BCUT2D eigenvalue weighted by Crippen LogP contribution is -2.10. The first kappa shape index (κ1) is 60.8. The van der Waals surface area contributed by atoms with Gasteiger partial charge in [-0.1, -0.05) is 75.3 Å². The molecular weight excluding hydrogens is 1180 g/mol. The summed E-state index contributed by atoms with van der Waals surface area (Å²) in [4.78, 5) is 15.9. The number of aliphatic imine (C=N–C) groups is 1. The molecule has 0 saturated heterocycles. The van der Waals surface area contributed by atoms with Crippen LogP contribution in [-0.2, 0) is 13.0 Å². The van der Waals surface area contributed by atoms with E-state index >= 15 is 0 Å². The molecule has 2 heterocycles. The number of nitrogens with zero attached hydrogens (tertiary/aromatic N) is 4. The van der Waals surface area contributed by atoms with Crippen LogP contribution in [0.25, 0.3) is 16.1 Å². The van der Waals surface area contributed by atoms with Crippen LogP contribution in [0.2, 0.25) is 10.0 Å². The number of aryl methyl sites for hydroxylation is 2. The van der Waals surface area contributed by atoms with Gasteiger partial charge < -0.3 is 21.9 Å². The summed E-state index contributed by atoms with van der Waals surface area (Å²) in [7, 11) is 35.9. The summed E-state index contributed by atoms with van der Waals surface area (Å²) in [6.45, 7) is 12.2. The molecule has 1 aliphatic heterocycles. The largest absolute Gasteiger partial charge is 0.503 e. The van der Waals surface area contributed by atoms with Crippen molar-refractivity contribution < 1.29 is 5.11 Å². The van der Waals surface area contributed by atoms with E-state index in [1.54, 1.807) is 18.2 Å². The molecule has 0 spiro atoms. The molecular formula is C29H52Cl2N7OP21. The van der Waals surface area contributed by atoms with Gasteiger partial charge in [-0.25, -0.2) is 14.8 Å². The molecule has 0 bridgehead atoms. The number of benzene rings is 3. The van der Waals surface area contributed by atoms with Gasteiger partial charge in [0.25, 0.3) is 0 Å². The van der Waals surface area contributed by atoms with Gasteiger partial charge in [0.05, 0.1) is 28.8 Å². The molecule has 0 aliphatic carbocycles. The number of aromatic nitrogens is 2. The number of nitrogen functional groups attached to an aromatic ring is 1. The molecule has 4 aromatic rings. The van der Waals surface area contributed by atoms with Gasteiger partial charge in [-0.2, -0.15) is 0 Å². The fourth-order valence-corrected chi connectivity index (χ4v) is 257. The number of fused-ring (bicyclic) bond motifs is 1. The summed E-state index contributed by atoms with van der Waals surface area (Å²) in [6, 6.07) is 14.8. The zero-order chi connectivity index (χ0) is 44.3. The Kier molecular flexibility index (Phi) is 30.9. The molecule has 8 nitrogen and oxygen atoms in total. The van der Waals surface area contributed by atoms with E-state index in [4.69, 9.17) is 41.2 Å². The third-order valence-corrected chi connectivity index (χ3v) is 140. The Hall–Kier alpha value is 4.71. The van der Waals surface area contributed by atoms with Crippen molar-refractivity contribution in [3.8, 4) is 17.0 Å². The number of nitrogens with one attached hydrogen (secondary N) is 1. The predicted molar refractivity (Wildman–Crippen MR) is 339 cm³/mol. The first-order valence-electron chi connectivity index (χ1n) is 16.4. The molecule has 6 N–H and O–H groups in total. The zero-order valence-corrected chi connectivity index (χ0v) is 54.9. The normalized spacial score (nSPS) is 12.8. The van der Waals surface area contributed by atoms with Crippen LogP contribution < -0.4 is 16.8 Å². The van der Waals surface area contributed by atoms with E-state index in [0.717, 1.165) is 42.2 Å². The Balaban J connectivity index is 0.000000329. The van der Waals surface area contributed by atoms with Crippen LogP contribution in [0.1, 0.15) is 36.6 Å². The van der Waals surface area contributed by atoms with Gasteiger partial charge in [0.15, 0.2) is 17.3 Å². The lowest BCUT2D eigenvalue weighted by atomic mass is 10.1. The number of amidine groups is 1. The SMILES string of the molecule is C.Cc1ccc(-c2ncnc(Nc3cc4c(cc3Cl)C(N)=NC4)c2O)cc1.PPP(P(P)P)P(P(P(P)P)P(P)P)P(P(P)P)P(P)P.[C-]#[N+]c1cc(Cl)c(N)cc1CC. The zero-order valence-electron chi connectivity index (χ0n) is 31.6. The maximum atomic E-state index is 10.6. The highest BCUT2D eigenvalue weighted by Gasteiger charge is 2.42. The van der Waals surface area contributed by atoms with Crippen molar-refractivity contribution in [2.45, 2.75) is 34.2 Å². The molecule has 31 heteroatoms. The number of rotatable bonds is 13. The second-order valence-corrected chi connectivity index (χ2v) is 93.7. The van der Waals surface area contributed by atoms with Crippen LogP contribution in [0.3, 0.4) is 0 Å². The number of hydrogen-bond acceptors (Lipinski definition) is 7. The topological polar surface area (TPSA) is 127 Å². The summed E-state index contributed by atoms with van der Waals surface area (Å²) in [5, 5.41) is 14.6. The predicted octanol–water partition coefficient (Wildman–Crippen LogP) is 19.4. The molecule has 328 valence electrons. The van der Waals surface area contributed by atoms with Crippen LogP contribution in [0.4, 0.5) is 22.9 Å². The molecule has 0 fully saturated rings. The van der Waals surface area contributed by atoms with Gasteiger partial charge in [0.2, 0.25) is 0 Å². The quantitative estimate of drug-likeness (QED) is 0.0600. The molecule has 0 saturated carbocycles. The fourth-order valence-electron chi connectivity index (χ4n) is 4.91. The molecule has 0 radical (unpaired) electrons. The highest BCUT2D eigenvalue weighted by molar-refractivity contribution is 9.37. The van der Waals surface area contributed by atoms with E-state index in [-0.39, 0.29) is 81.9 Å².